The maximum Gasteiger partial charge on any atom is 0.269 e. The molecule has 0 radical (unpaired) electrons. The molecule has 11 nitrogen and oxygen atoms in total. The quantitative estimate of drug-likeness (QED) is 0.112. The van der Waals surface area contributed by atoms with Crippen LogP contribution in [-0.4, -0.2) is 43.2 Å². The number of rotatable bonds is 3. The molecule has 0 aliphatic rings. The summed E-state index contributed by atoms with van der Waals surface area (Å²) >= 11 is 4.28. The van der Waals surface area contributed by atoms with Gasteiger partial charge in [0.2, 0.25) is 0 Å². The standard InChI is InChI=1S/C10H8FIN4O2.C8H7IN4O/c11-4-9(17)14-15-10(18)6-1-2-16-7(12)5-13-8(16)3-6;9-6-4-11-7-3-5(8(14)12-10)1-2-13(6)7/h1-3,5H,4H2,(H,14,17)(H,15,18);1-4H,10H2,(H,12,14). The smallest absolute Gasteiger partial charge is 0.269 e. The minimum Gasteiger partial charge on any atom is -0.295 e. The van der Waals surface area contributed by atoms with Crippen molar-refractivity contribution in [2.45, 2.75) is 0 Å². The first-order valence-corrected chi connectivity index (χ1v) is 10.9. The number of hydrogen-bond acceptors (Lipinski definition) is 6. The molecule has 3 amide bonds. The Bertz CT molecular complexity index is 1310. The second-order valence-corrected chi connectivity index (χ2v) is 8.27. The van der Waals surface area contributed by atoms with Gasteiger partial charge in [-0.25, -0.2) is 20.2 Å². The Morgan fingerprint density at radius 1 is 0.906 bits per heavy atom. The Kier molecular flexibility index (Phi) is 7.91. The van der Waals surface area contributed by atoms with E-state index in [2.05, 4.69) is 66.0 Å². The van der Waals surface area contributed by atoms with Gasteiger partial charge >= 0.3 is 0 Å². The zero-order valence-corrected chi connectivity index (χ0v) is 20.4. The highest BCUT2D eigenvalue weighted by Crippen LogP contribution is 2.12. The van der Waals surface area contributed by atoms with Crippen molar-refractivity contribution in [3.63, 3.8) is 0 Å². The molecule has 4 rings (SSSR count). The van der Waals surface area contributed by atoms with E-state index in [0.29, 0.717) is 16.8 Å². The van der Waals surface area contributed by atoms with Gasteiger partial charge in [0.05, 0.1) is 12.4 Å². The third-order valence-electron chi connectivity index (χ3n) is 4.03. The van der Waals surface area contributed by atoms with Crippen molar-refractivity contribution in [1.82, 2.24) is 35.0 Å². The Morgan fingerprint density at radius 3 is 1.88 bits per heavy atom. The molecule has 14 heteroatoms. The molecule has 4 aromatic heterocycles. The number of carbonyl (C=O) groups is 3. The van der Waals surface area contributed by atoms with Crippen molar-refractivity contribution in [2.24, 2.45) is 5.84 Å². The average molecular weight is 664 g/mol. The van der Waals surface area contributed by atoms with Crippen LogP contribution in [0, 0.1) is 7.40 Å². The summed E-state index contributed by atoms with van der Waals surface area (Å²) in [5, 5.41) is 0. The van der Waals surface area contributed by atoms with Crippen LogP contribution in [0.1, 0.15) is 20.7 Å². The third-order valence-corrected chi connectivity index (χ3v) is 5.63. The number of alkyl halides is 1. The SMILES string of the molecule is NNC(=O)c1ccn2c(I)cnc2c1.O=C(CF)NNC(=O)c1ccn2c(I)cnc2c1. The zero-order valence-electron chi connectivity index (χ0n) is 16.1. The molecule has 0 unspecified atom stereocenters. The summed E-state index contributed by atoms with van der Waals surface area (Å²) in [5.74, 6) is 3.28. The molecule has 4 aromatic rings. The number of carbonyl (C=O) groups excluding carboxylic acids is 3. The summed E-state index contributed by atoms with van der Waals surface area (Å²) in [6.45, 7) is -1.18. The lowest BCUT2D eigenvalue weighted by Gasteiger charge is -2.05. The molecule has 0 saturated carbocycles. The van der Waals surface area contributed by atoms with E-state index >= 15 is 0 Å². The van der Waals surface area contributed by atoms with Crippen LogP contribution in [0.2, 0.25) is 0 Å². The van der Waals surface area contributed by atoms with Gasteiger partial charge in [-0.05, 0) is 69.4 Å². The number of nitrogens with zero attached hydrogens (tertiary/aromatic N) is 4. The predicted octanol–water partition coefficient (Wildman–Crippen LogP) is 1.21. The number of pyridine rings is 2. The van der Waals surface area contributed by atoms with E-state index in [4.69, 9.17) is 5.84 Å². The van der Waals surface area contributed by atoms with Gasteiger partial charge in [0, 0.05) is 23.5 Å². The number of nitrogen functional groups attached to an aromatic ring is 1. The molecule has 0 bridgehead atoms. The van der Waals surface area contributed by atoms with Gasteiger partial charge in [0.1, 0.15) is 18.7 Å². The van der Waals surface area contributed by atoms with Crippen LogP contribution in [0.25, 0.3) is 11.3 Å². The van der Waals surface area contributed by atoms with Gasteiger partial charge in [-0.15, -0.1) is 0 Å². The molecule has 0 spiro atoms. The number of aromatic nitrogens is 4. The highest BCUT2D eigenvalue weighted by molar-refractivity contribution is 14.1. The number of fused-ring (bicyclic) bond motifs is 2. The van der Waals surface area contributed by atoms with Crippen LogP contribution < -0.4 is 22.1 Å². The van der Waals surface area contributed by atoms with Gasteiger partial charge < -0.3 is 0 Å². The molecule has 0 aliphatic heterocycles. The van der Waals surface area contributed by atoms with E-state index < -0.39 is 18.5 Å². The molecule has 0 saturated heterocycles. The third kappa shape index (κ3) is 5.49. The number of halogens is 3. The largest absolute Gasteiger partial charge is 0.295 e. The lowest BCUT2D eigenvalue weighted by atomic mass is 10.2. The predicted molar refractivity (Wildman–Crippen MR) is 129 cm³/mol. The monoisotopic (exact) mass is 664 g/mol. The van der Waals surface area contributed by atoms with E-state index in [1.165, 1.54) is 0 Å². The van der Waals surface area contributed by atoms with Crippen LogP contribution in [0.3, 0.4) is 0 Å². The van der Waals surface area contributed by atoms with E-state index in [-0.39, 0.29) is 5.91 Å². The molecule has 0 atom stereocenters. The van der Waals surface area contributed by atoms with Gasteiger partial charge in [-0.1, -0.05) is 0 Å². The fraction of sp³-hybridized carbons (Fsp3) is 0.0556. The lowest BCUT2D eigenvalue weighted by molar-refractivity contribution is -0.122. The molecular weight excluding hydrogens is 649 g/mol. The number of imidazole rings is 2. The molecule has 0 fully saturated rings. The molecule has 32 heavy (non-hydrogen) atoms. The van der Waals surface area contributed by atoms with Crippen LogP contribution >= 0.6 is 45.2 Å². The number of amides is 3. The molecule has 4 heterocycles. The summed E-state index contributed by atoms with van der Waals surface area (Å²) in [5.41, 5.74) is 8.29. The first-order valence-electron chi connectivity index (χ1n) is 8.75. The fourth-order valence-electron chi connectivity index (χ4n) is 2.50. The highest BCUT2D eigenvalue weighted by Gasteiger charge is 2.09. The fourth-order valence-corrected chi connectivity index (χ4v) is 3.59. The number of nitrogens with two attached hydrogens (primary N) is 1. The summed E-state index contributed by atoms with van der Waals surface area (Å²) in [6, 6.07) is 6.52. The van der Waals surface area contributed by atoms with E-state index in [9.17, 15) is 18.8 Å². The van der Waals surface area contributed by atoms with Crippen LogP contribution in [0.15, 0.2) is 49.1 Å². The van der Waals surface area contributed by atoms with Gasteiger partial charge in [0.25, 0.3) is 17.7 Å². The number of nitrogens with one attached hydrogen (secondary N) is 3. The van der Waals surface area contributed by atoms with Crippen molar-refractivity contribution in [3.05, 3.63) is 67.6 Å². The maximum atomic E-state index is 11.9. The topological polar surface area (TPSA) is 148 Å². The minimum atomic E-state index is -1.18. The minimum absolute atomic E-state index is 0.314. The second-order valence-electron chi connectivity index (χ2n) is 6.06. The average Bonchev–Trinajstić information content (AvgIpc) is 3.38. The Morgan fingerprint density at radius 2 is 1.41 bits per heavy atom. The lowest BCUT2D eigenvalue weighted by Crippen LogP contribution is -2.42. The molecular formula is C18H15FI2N8O3. The summed E-state index contributed by atoms with van der Waals surface area (Å²) in [6.07, 6.45) is 6.88. The Balaban J connectivity index is 0.000000186. The zero-order chi connectivity index (χ0) is 23.3. The summed E-state index contributed by atoms with van der Waals surface area (Å²) in [7, 11) is 0. The van der Waals surface area contributed by atoms with Crippen LogP contribution in [-0.2, 0) is 4.79 Å². The molecule has 0 aromatic carbocycles. The first-order chi connectivity index (χ1) is 15.3. The van der Waals surface area contributed by atoms with E-state index in [0.717, 1.165) is 13.0 Å². The van der Waals surface area contributed by atoms with E-state index in [1.807, 2.05) is 9.83 Å². The normalized spacial score (nSPS) is 10.4. The van der Waals surface area contributed by atoms with Crippen molar-refractivity contribution in [1.29, 1.82) is 0 Å². The van der Waals surface area contributed by atoms with Crippen molar-refractivity contribution >= 4 is 74.2 Å². The first kappa shape index (κ1) is 23.8. The Hall–Kier alpha value is -2.86. The molecule has 0 aliphatic carbocycles. The Labute approximate surface area is 207 Å². The summed E-state index contributed by atoms with van der Waals surface area (Å²) in [4.78, 5) is 41.7. The van der Waals surface area contributed by atoms with Crippen LogP contribution in [0.4, 0.5) is 4.39 Å². The van der Waals surface area contributed by atoms with Gasteiger partial charge in [0.15, 0.2) is 6.67 Å². The van der Waals surface area contributed by atoms with Gasteiger partial charge in [-0.2, -0.15) is 0 Å². The number of hydrazine groups is 2. The molecule has 5 N–H and O–H groups in total. The second kappa shape index (κ2) is 10.6. The molecule has 166 valence electrons. The van der Waals surface area contributed by atoms with Crippen LogP contribution in [0.5, 0.6) is 0 Å². The van der Waals surface area contributed by atoms with Crippen molar-refractivity contribution in [2.75, 3.05) is 6.67 Å². The van der Waals surface area contributed by atoms with Crippen molar-refractivity contribution in [3.8, 4) is 0 Å². The maximum absolute atomic E-state index is 11.9. The van der Waals surface area contributed by atoms with Gasteiger partial charge in [-0.3, -0.25) is 39.5 Å². The highest BCUT2D eigenvalue weighted by atomic mass is 127. The summed E-state index contributed by atoms with van der Waals surface area (Å²) < 4.78 is 17.5. The van der Waals surface area contributed by atoms with E-state index in [1.54, 1.807) is 53.5 Å². The number of hydrogen-bond donors (Lipinski definition) is 4. The van der Waals surface area contributed by atoms with Crippen molar-refractivity contribution < 1.29 is 18.8 Å².